The summed E-state index contributed by atoms with van der Waals surface area (Å²) in [6.07, 6.45) is 2.54. The number of halogens is 2. The molecule has 204 valence electrons. The van der Waals surface area contributed by atoms with Gasteiger partial charge in [0, 0.05) is 0 Å². The van der Waals surface area contributed by atoms with Crippen molar-refractivity contribution in [2.75, 3.05) is 4.90 Å². The molecule has 1 nitrogen and oxygen atoms in total. The van der Waals surface area contributed by atoms with Crippen molar-refractivity contribution in [3.8, 4) is 0 Å². The molecule has 1 fully saturated rings. The predicted octanol–water partition coefficient (Wildman–Crippen LogP) is 9.02. The average Bonchev–Trinajstić information content (AvgIpc) is 3.14. The van der Waals surface area contributed by atoms with Gasteiger partial charge < -0.3 is 0 Å². The number of hydrogen-bond donors (Lipinski definition) is 0. The summed E-state index contributed by atoms with van der Waals surface area (Å²) in [6, 6.07) is 32.9. The monoisotopic (exact) mass is 651 g/mol. The first kappa shape index (κ1) is 26.3. The Morgan fingerprint density at radius 1 is 0.750 bits per heavy atom. The van der Waals surface area contributed by atoms with E-state index >= 15 is 0 Å². The van der Waals surface area contributed by atoms with Gasteiger partial charge in [-0.2, -0.15) is 0 Å². The molecule has 1 saturated heterocycles. The van der Waals surface area contributed by atoms with Crippen LogP contribution in [0.25, 0.3) is 0 Å². The van der Waals surface area contributed by atoms with Crippen LogP contribution in [-0.2, 0) is 17.3 Å². The van der Waals surface area contributed by atoms with Crippen molar-refractivity contribution in [2.45, 2.75) is 51.5 Å². The van der Waals surface area contributed by atoms with Crippen LogP contribution in [0.5, 0.6) is 0 Å². The standard InChI is InChI=1S/C29H27N.C7H6.2ClH.Ru/c1-18-14-19(2)27(20(3)15-18)30-17-29-24-12-8-6-10-21(24)23(16-26(29)28(30,4)5)22-11-7-9-13-25(22)29;1-7-5-3-2-4-6-7;;;/h6-16,23H,1-5H3;1-6H;2*1H;/q;;;;+2/p-2. The van der Waals surface area contributed by atoms with Crippen molar-refractivity contribution in [1.82, 2.24) is 0 Å². The van der Waals surface area contributed by atoms with Crippen molar-refractivity contribution in [3.63, 3.8) is 0 Å². The molecule has 0 atom stereocenters. The molecule has 2 bridgehead atoms. The van der Waals surface area contributed by atoms with Crippen molar-refractivity contribution in [2.24, 2.45) is 0 Å². The average molecular weight is 652 g/mol. The van der Waals surface area contributed by atoms with E-state index in [0.29, 0.717) is 0 Å². The quantitative estimate of drug-likeness (QED) is 0.155. The summed E-state index contributed by atoms with van der Waals surface area (Å²) >= 11 is -3.74. The molecule has 4 aromatic carbocycles. The second-order valence-electron chi connectivity index (χ2n) is 11.9. The maximum atomic E-state index is 7.90. The summed E-state index contributed by atoms with van der Waals surface area (Å²) in [7, 11) is 15.8. The van der Waals surface area contributed by atoms with Crippen LogP contribution in [0.2, 0.25) is 0 Å². The Kier molecular flexibility index (Phi) is 5.87. The number of hydrogen-bond acceptors (Lipinski definition) is 1. The molecule has 40 heavy (non-hydrogen) atoms. The fourth-order valence-corrected chi connectivity index (χ4v) is 14.7. The Balaban J connectivity index is 1.73. The van der Waals surface area contributed by atoms with Gasteiger partial charge in [0.05, 0.1) is 0 Å². The second-order valence-corrected chi connectivity index (χ2v) is 21.1. The summed E-state index contributed by atoms with van der Waals surface area (Å²) in [5.41, 5.74) is 12.0. The van der Waals surface area contributed by atoms with E-state index in [1.54, 1.807) is 0 Å². The van der Waals surface area contributed by atoms with Gasteiger partial charge in [0.25, 0.3) is 0 Å². The molecule has 0 radical (unpaired) electrons. The molecule has 4 aliphatic rings. The molecule has 1 aliphatic heterocycles. The van der Waals surface area contributed by atoms with Gasteiger partial charge in [0.1, 0.15) is 0 Å². The summed E-state index contributed by atoms with van der Waals surface area (Å²) in [4.78, 5) is 2.57. The zero-order valence-electron chi connectivity index (χ0n) is 23.4. The van der Waals surface area contributed by atoms with Gasteiger partial charge >= 0.3 is 249 Å². The van der Waals surface area contributed by atoms with Gasteiger partial charge in [-0.3, -0.25) is 0 Å². The fourth-order valence-electron chi connectivity index (χ4n) is 7.71. The van der Waals surface area contributed by atoms with Gasteiger partial charge in [0.2, 0.25) is 0 Å². The molecule has 4 aromatic rings. The van der Waals surface area contributed by atoms with Crippen LogP contribution in [0.1, 0.15) is 64.3 Å². The number of aryl methyl sites for hydroxylation is 3. The third-order valence-corrected chi connectivity index (χ3v) is 14.7. The summed E-state index contributed by atoms with van der Waals surface area (Å²) in [6.45, 7) is 11.4. The summed E-state index contributed by atoms with van der Waals surface area (Å²) in [5.74, 6) is 0.216. The van der Waals surface area contributed by atoms with Crippen molar-refractivity contribution < 1.29 is 11.9 Å². The SMILES string of the molecule is Cc1cc(C)c(N2[C](=[Ru]([Cl])([Cl])=[CH]c3ccccc3)C34C(=CC(c5ccccc53)c3ccccc34)C2(C)C)c(C)c1. The van der Waals surface area contributed by atoms with Gasteiger partial charge in [-0.05, 0) is 0 Å². The van der Waals surface area contributed by atoms with Gasteiger partial charge in [-0.25, -0.2) is 0 Å². The Morgan fingerprint density at radius 3 is 1.85 bits per heavy atom. The van der Waals surface area contributed by atoms with E-state index in [9.17, 15) is 0 Å². The Labute approximate surface area is 248 Å². The molecule has 1 spiro atoms. The fraction of sp³-hybridized carbons (Fsp3) is 0.222. The summed E-state index contributed by atoms with van der Waals surface area (Å²) in [5, 5.41) is 0. The van der Waals surface area contributed by atoms with E-state index in [1.807, 2.05) is 6.07 Å². The molecule has 0 unspecified atom stereocenters. The molecular weight excluding hydrogens is 618 g/mol. The molecule has 8 rings (SSSR count). The number of allylic oxidation sites excluding steroid dienone is 1. The first-order chi connectivity index (χ1) is 19.1. The van der Waals surface area contributed by atoms with E-state index in [4.69, 9.17) is 19.4 Å². The molecule has 0 saturated carbocycles. The zero-order chi connectivity index (χ0) is 28.0. The molecule has 0 aromatic heterocycles. The molecule has 0 N–H and O–H groups in total. The van der Waals surface area contributed by atoms with Crippen LogP contribution in [0.15, 0.2) is 103 Å². The Morgan fingerprint density at radius 2 is 1.27 bits per heavy atom. The minimum atomic E-state index is -3.74. The number of anilines is 1. The molecule has 4 heteroatoms. The number of rotatable bonds is 2. The van der Waals surface area contributed by atoms with Crippen LogP contribution in [0.3, 0.4) is 0 Å². The third kappa shape index (κ3) is 3.43. The molecule has 3 aliphatic carbocycles. The topological polar surface area (TPSA) is 3.24 Å². The van der Waals surface area contributed by atoms with Gasteiger partial charge in [0.15, 0.2) is 0 Å². The third-order valence-electron chi connectivity index (χ3n) is 8.97. The van der Waals surface area contributed by atoms with Crippen LogP contribution >= 0.6 is 19.4 Å². The van der Waals surface area contributed by atoms with E-state index in [0.717, 1.165) is 9.79 Å². The van der Waals surface area contributed by atoms with E-state index in [-0.39, 0.29) is 11.5 Å². The molecule has 1 heterocycles. The molecule has 0 amide bonds. The van der Waals surface area contributed by atoms with Crippen molar-refractivity contribution in [1.29, 1.82) is 0 Å². The predicted molar refractivity (Wildman–Crippen MR) is 169 cm³/mol. The number of nitrogens with zero attached hydrogens (tertiary/aromatic N) is 1. The van der Waals surface area contributed by atoms with Crippen molar-refractivity contribution in [3.05, 3.63) is 147 Å². The normalized spacial score (nSPS) is 22.4. The minimum absolute atomic E-state index is 0.216. The first-order valence-corrected chi connectivity index (χ1v) is 20.1. The first-order valence-electron chi connectivity index (χ1n) is 13.8. The maximum absolute atomic E-state index is 7.90. The van der Waals surface area contributed by atoms with E-state index < -0.39 is 17.3 Å². The van der Waals surface area contributed by atoms with Crippen LogP contribution in [-0.4, -0.2) is 14.4 Å². The van der Waals surface area contributed by atoms with Crippen LogP contribution < -0.4 is 4.90 Å². The summed E-state index contributed by atoms with van der Waals surface area (Å²) < 4.78 is 3.35. The van der Waals surface area contributed by atoms with Crippen molar-refractivity contribution >= 4 is 33.9 Å². The molecular formula is C36H33Cl2NRu. The number of benzene rings is 4. The second kappa shape index (κ2) is 8.93. The van der Waals surface area contributed by atoms with Gasteiger partial charge in [-0.1, -0.05) is 0 Å². The van der Waals surface area contributed by atoms with E-state index in [2.05, 4.69) is 135 Å². The Bertz CT molecular complexity index is 1790. The zero-order valence-corrected chi connectivity index (χ0v) is 26.7. The van der Waals surface area contributed by atoms with Gasteiger partial charge in [-0.15, -0.1) is 0 Å². The van der Waals surface area contributed by atoms with E-state index in [1.165, 1.54) is 50.2 Å². The van der Waals surface area contributed by atoms with Crippen LogP contribution in [0.4, 0.5) is 5.69 Å². The Hall–Kier alpha value is -2.64. The van der Waals surface area contributed by atoms with Crippen LogP contribution in [0, 0.1) is 20.8 Å².